The Morgan fingerprint density at radius 2 is 2.00 bits per heavy atom. The summed E-state index contributed by atoms with van der Waals surface area (Å²) in [6, 6.07) is 3.45. The SMILES string of the molecule is Cc1ccc(C(=O)N2CCC(C(N)=O)CC2)o1. The van der Waals surface area contributed by atoms with Gasteiger partial charge in [-0.15, -0.1) is 0 Å². The fraction of sp³-hybridized carbons (Fsp3) is 0.500. The zero-order valence-corrected chi connectivity index (χ0v) is 9.81. The molecule has 5 heteroatoms. The van der Waals surface area contributed by atoms with E-state index in [1.165, 1.54) is 0 Å². The fourth-order valence-electron chi connectivity index (χ4n) is 2.07. The maximum absolute atomic E-state index is 12.0. The highest BCUT2D eigenvalue weighted by Crippen LogP contribution is 2.19. The Morgan fingerprint density at radius 1 is 1.35 bits per heavy atom. The number of piperidine rings is 1. The molecule has 0 spiro atoms. The predicted octanol–water partition coefficient (Wildman–Crippen LogP) is 0.926. The Bertz CT molecular complexity index is 431. The van der Waals surface area contributed by atoms with Crippen molar-refractivity contribution in [1.29, 1.82) is 0 Å². The lowest BCUT2D eigenvalue weighted by Crippen LogP contribution is -2.41. The summed E-state index contributed by atoms with van der Waals surface area (Å²) < 4.78 is 5.29. The summed E-state index contributed by atoms with van der Waals surface area (Å²) in [5.74, 6) is 0.602. The third-order valence-corrected chi connectivity index (χ3v) is 3.14. The minimum absolute atomic E-state index is 0.0996. The number of likely N-dealkylation sites (tertiary alicyclic amines) is 1. The molecule has 1 aliphatic rings. The first-order chi connectivity index (χ1) is 8.08. The first-order valence-corrected chi connectivity index (χ1v) is 5.73. The van der Waals surface area contributed by atoms with E-state index >= 15 is 0 Å². The van der Waals surface area contributed by atoms with Crippen LogP contribution in [0.5, 0.6) is 0 Å². The maximum atomic E-state index is 12.0. The number of nitrogens with two attached hydrogens (primary N) is 1. The van der Waals surface area contributed by atoms with E-state index in [1.54, 1.807) is 24.0 Å². The Kier molecular flexibility index (Phi) is 3.17. The lowest BCUT2D eigenvalue weighted by molar-refractivity contribution is -0.123. The van der Waals surface area contributed by atoms with Gasteiger partial charge in [-0.1, -0.05) is 0 Å². The molecular weight excluding hydrogens is 220 g/mol. The molecule has 2 rings (SSSR count). The van der Waals surface area contributed by atoms with Crippen LogP contribution >= 0.6 is 0 Å². The fourth-order valence-corrected chi connectivity index (χ4v) is 2.07. The highest BCUT2D eigenvalue weighted by Gasteiger charge is 2.27. The molecule has 0 radical (unpaired) electrons. The Hall–Kier alpha value is -1.78. The average Bonchev–Trinajstić information content (AvgIpc) is 2.75. The quantitative estimate of drug-likeness (QED) is 0.829. The second-order valence-electron chi connectivity index (χ2n) is 4.38. The van der Waals surface area contributed by atoms with Crippen LogP contribution in [-0.4, -0.2) is 29.8 Å². The second-order valence-corrected chi connectivity index (χ2v) is 4.38. The smallest absolute Gasteiger partial charge is 0.289 e. The zero-order valence-electron chi connectivity index (χ0n) is 9.81. The minimum atomic E-state index is -0.272. The van der Waals surface area contributed by atoms with E-state index < -0.39 is 0 Å². The molecule has 0 atom stereocenters. The molecule has 0 unspecified atom stereocenters. The number of hydrogen-bond acceptors (Lipinski definition) is 3. The molecule has 1 aliphatic heterocycles. The molecule has 17 heavy (non-hydrogen) atoms. The van der Waals surface area contributed by atoms with E-state index in [2.05, 4.69) is 0 Å². The van der Waals surface area contributed by atoms with Crippen LogP contribution in [0.1, 0.15) is 29.2 Å². The molecule has 1 fully saturated rings. The molecule has 1 aromatic rings. The maximum Gasteiger partial charge on any atom is 0.289 e. The second kappa shape index (κ2) is 4.61. The molecule has 5 nitrogen and oxygen atoms in total. The van der Waals surface area contributed by atoms with Crippen LogP contribution in [-0.2, 0) is 4.79 Å². The van der Waals surface area contributed by atoms with Gasteiger partial charge in [-0.2, -0.15) is 0 Å². The summed E-state index contributed by atoms with van der Waals surface area (Å²) in [7, 11) is 0. The summed E-state index contributed by atoms with van der Waals surface area (Å²) in [5.41, 5.74) is 5.24. The molecule has 0 aromatic carbocycles. The number of primary amides is 1. The molecule has 92 valence electrons. The third-order valence-electron chi connectivity index (χ3n) is 3.14. The molecule has 0 bridgehead atoms. The molecule has 2 amide bonds. The molecule has 1 saturated heterocycles. The Balaban J connectivity index is 1.97. The van der Waals surface area contributed by atoms with E-state index in [0.29, 0.717) is 31.7 Å². The number of carbonyl (C=O) groups is 2. The van der Waals surface area contributed by atoms with Crippen LogP contribution in [0.4, 0.5) is 0 Å². The van der Waals surface area contributed by atoms with Crippen LogP contribution in [0.15, 0.2) is 16.5 Å². The number of carbonyl (C=O) groups excluding carboxylic acids is 2. The van der Waals surface area contributed by atoms with Gasteiger partial charge >= 0.3 is 0 Å². The topological polar surface area (TPSA) is 76.5 Å². The van der Waals surface area contributed by atoms with Crippen molar-refractivity contribution in [1.82, 2.24) is 4.90 Å². The number of nitrogens with zero attached hydrogens (tertiary/aromatic N) is 1. The largest absolute Gasteiger partial charge is 0.456 e. The van der Waals surface area contributed by atoms with Gasteiger partial charge in [-0.3, -0.25) is 9.59 Å². The molecule has 0 aliphatic carbocycles. The van der Waals surface area contributed by atoms with Crippen molar-refractivity contribution in [3.8, 4) is 0 Å². The monoisotopic (exact) mass is 236 g/mol. The number of amides is 2. The van der Waals surface area contributed by atoms with Crippen molar-refractivity contribution < 1.29 is 14.0 Å². The van der Waals surface area contributed by atoms with Gasteiger partial charge in [0.25, 0.3) is 5.91 Å². The van der Waals surface area contributed by atoms with Gasteiger partial charge in [-0.05, 0) is 31.9 Å². The van der Waals surface area contributed by atoms with Crippen LogP contribution in [0, 0.1) is 12.8 Å². The average molecular weight is 236 g/mol. The molecular formula is C12H16N2O3. The van der Waals surface area contributed by atoms with Crippen LogP contribution in [0.3, 0.4) is 0 Å². The van der Waals surface area contributed by atoms with Gasteiger partial charge in [0, 0.05) is 19.0 Å². The highest BCUT2D eigenvalue weighted by molar-refractivity contribution is 5.91. The van der Waals surface area contributed by atoms with Crippen LogP contribution in [0.25, 0.3) is 0 Å². The molecule has 0 saturated carbocycles. The standard InChI is InChI=1S/C12H16N2O3/c1-8-2-3-10(17-8)12(16)14-6-4-9(5-7-14)11(13)15/h2-3,9H,4-7H2,1H3,(H2,13,15). The van der Waals surface area contributed by atoms with E-state index in [1.807, 2.05) is 0 Å². The van der Waals surface area contributed by atoms with Crippen LogP contribution in [0.2, 0.25) is 0 Å². The summed E-state index contributed by atoms with van der Waals surface area (Å²) in [6.07, 6.45) is 1.28. The highest BCUT2D eigenvalue weighted by atomic mass is 16.3. The van der Waals surface area contributed by atoms with E-state index in [0.717, 1.165) is 5.76 Å². The number of rotatable bonds is 2. The van der Waals surface area contributed by atoms with E-state index in [-0.39, 0.29) is 17.7 Å². The van der Waals surface area contributed by atoms with E-state index in [4.69, 9.17) is 10.2 Å². The number of hydrogen-bond donors (Lipinski definition) is 1. The van der Waals surface area contributed by atoms with Crippen molar-refractivity contribution in [2.24, 2.45) is 11.7 Å². The van der Waals surface area contributed by atoms with Crippen molar-refractivity contribution in [3.05, 3.63) is 23.7 Å². The summed E-state index contributed by atoms with van der Waals surface area (Å²) in [6.45, 7) is 2.93. The number of furan rings is 1. The van der Waals surface area contributed by atoms with Gasteiger partial charge in [-0.25, -0.2) is 0 Å². The van der Waals surface area contributed by atoms with E-state index in [9.17, 15) is 9.59 Å². The first-order valence-electron chi connectivity index (χ1n) is 5.73. The molecule has 1 aromatic heterocycles. The summed E-state index contributed by atoms with van der Waals surface area (Å²) in [4.78, 5) is 24.7. The van der Waals surface area contributed by atoms with Crippen molar-refractivity contribution in [3.63, 3.8) is 0 Å². The summed E-state index contributed by atoms with van der Waals surface area (Å²) in [5, 5.41) is 0. The predicted molar refractivity (Wildman–Crippen MR) is 61.3 cm³/mol. The van der Waals surface area contributed by atoms with Crippen molar-refractivity contribution in [2.75, 3.05) is 13.1 Å². The Morgan fingerprint density at radius 3 is 2.47 bits per heavy atom. The van der Waals surface area contributed by atoms with Crippen molar-refractivity contribution in [2.45, 2.75) is 19.8 Å². The normalized spacial score (nSPS) is 17.1. The van der Waals surface area contributed by atoms with Crippen molar-refractivity contribution >= 4 is 11.8 Å². The van der Waals surface area contributed by atoms with Gasteiger partial charge in [0.15, 0.2) is 5.76 Å². The molecule has 2 heterocycles. The molecule has 2 N–H and O–H groups in total. The van der Waals surface area contributed by atoms with Gasteiger partial charge in [0.2, 0.25) is 5.91 Å². The van der Waals surface area contributed by atoms with Gasteiger partial charge < -0.3 is 15.1 Å². The lowest BCUT2D eigenvalue weighted by Gasteiger charge is -2.29. The Labute approximate surface area is 99.6 Å². The third kappa shape index (κ3) is 2.49. The minimum Gasteiger partial charge on any atom is -0.456 e. The van der Waals surface area contributed by atoms with Gasteiger partial charge in [0.1, 0.15) is 5.76 Å². The van der Waals surface area contributed by atoms with Crippen LogP contribution < -0.4 is 5.73 Å². The summed E-state index contributed by atoms with van der Waals surface area (Å²) >= 11 is 0. The lowest BCUT2D eigenvalue weighted by atomic mass is 9.96. The number of aryl methyl sites for hydroxylation is 1. The zero-order chi connectivity index (χ0) is 12.4. The first kappa shape index (κ1) is 11.7. The van der Waals surface area contributed by atoms with Gasteiger partial charge in [0.05, 0.1) is 0 Å².